The summed E-state index contributed by atoms with van der Waals surface area (Å²) in [5, 5.41) is 3.55. The molecule has 1 aromatic rings. The second-order valence-electron chi connectivity index (χ2n) is 7.65. The van der Waals surface area contributed by atoms with Crippen molar-refractivity contribution < 1.29 is 4.74 Å². The van der Waals surface area contributed by atoms with Gasteiger partial charge in [-0.2, -0.15) is 0 Å². The molecule has 0 bridgehead atoms. The van der Waals surface area contributed by atoms with Crippen molar-refractivity contribution in [3.8, 4) is 5.75 Å². The average molecular weight is 286 g/mol. The van der Waals surface area contributed by atoms with Crippen LogP contribution in [0.25, 0.3) is 0 Å². The van der Waals surface area contributed by atoms with E-state index < -0.39 is 0 Å². The van der Waals surface area contributed by atoms with Crippen LogP contribution in [0.3, 0.4) is 0 Å². The van der Waals surface area contributed by atoms with Gasteiger partial charge in [-0.3, -0.25) is 4.90 Å². The lowest BCUT2D eigenvalue weighted by molar-refractivity contribution is 0.125. The van der Waals surface area contributed by atoms with E-state index in [0.717, 1.165) is 30.6 Å². The van der Waals surface area contributed by atoms with Crippen LogP contribution >= 0.6 is 0 Å². The molecule has 0 aliphatic carbocycles. The second-order valence-corrected chi connectivity index (χ2v) is 7.65. The largest absolute Gasteiger partial charge is 0.487 e. The van der Waals surface area contributed by atoms with Gasteiger partial charge in [0.25, 0.3) is 0 Å². The molecule has 2 fully saturated rings. The van der Waals surface area contributed by atoms with Gasteiger partial charge in [-0.25, -0.2) is 0 Å². The summed E-state index contributed by atoms with van der Waals surface area (Å²) in [7, 11) is 0. The molecule has 0 saturated carbocycles. The van der Waals surface area contributed by atoms with E-state index in [1.807, 2.05) is 0 Å². The summed E-state index contributed by atoms with van der Waals surface area (Å²) < 4.78 is 6.21. The maximum absolute atomic E-state index is 6.21. The van der Waals surface area contributed by atoms with Crippen molar-refractivity contribution in [3.05, 3.63) is 29.3 Å². The Morgan fingerprint density at radius 1 is 1.29 bits per heavy atom. The Morgan fingerprint density at radius 2 is 2.14 bits per heavy atom. The predicted octanol–water partition coefficient (Wildman–Crippen LogP) is 2.44. The molecule has 3 heterocycles. The minimum absolute atomic E-state index is 0.0409. The Kier molecular flexibility index (Phi) is 3.23. The molecule has 3 heteroatoms. The molecule has 3 aliphatic heterocycles. The topological polar surface area (TPSA) is 24.5 Å². The fourth-order valence-corrected chi connectivity index (χ4v) is 4.30. The zero-order chi connectivity index (χ0) is 14.4. The SMILES string of the molecule is CC1(C)Cc2cccc(CN3CCC4CNCC4C3)c2O1. The molecule has 2 unspecified atom stereocenters. The van der Waals surface area contributed by atoms with Gasteiger partial charge in [0, 0.05) is 25.1 Å². The molecule has 1 N–H and O–H groups in total. The van der Waals surface area contributed by atoms with Crippen LogP contribution in [0.15, 0.2) is 18.2 Å². The molecule has 114 valence electrons. The number of rotatable bonds is 2. The summed E-state index contributed by atoms with van der Waals surface area (Å²) in [5.74, 6) is 2.93. The number of benzene rings is 1. The quantitative estimate of drug-likeness (QED) is 0.904. The van der Waals surface area contributed by atoms with E-state index in [1.165, 1.54) is 43.7 Å². The molecule has 0 amide bonds. The van der Waals surface area contributed by atoms with Crippen LogP contribution in [-0.2, 0) is 13.0 Å². The van der Waals surface area contributed by atoms with Crippen molar-refractivity contribution in [1.82, 2.24) is 10.2 Å². The Labute approximate surface area is 127 Å². The molecular weight excluding hydrogens is 260 g/mol. The number of hydrogen-bond donors (Lipinski definition) is 1. The van der Waals surface area contributed by atoms with E-state index >= 15 is 0 Å². The number of nitrogens with one attached hydrogen (secondary N) is 1. The van der Waals surface area contributed by atoms with Gasteiger partial charge in [-0.1, -0.05) is 18.2 Å². The molecule has 3 aliphatic rings. The first-order valence-corrected chi connectivity index (χ1v) is 8.34. The van der Waals surface area contributed by atoms with Gasteiger partial charge in [0.15, 0.2) is 0 Å². The fraction of sp³-hybridized carbons (Fsp3) is 0.667. The van der Waals surface area contributed by atoms with Crippen molar-refractivity contribution in [2.24, 2.45) is 11.8 Å². The Hall–Kier alpha value is -1.06. The monoisotopic (exact) mass is 286 g/mol. The first kappa shape index (κ1) is 13.6. The number of nitrogens with zero attached hydrogens (tertiary/aromatic N) is 1. The van der Waals surface area contributed by atoms with Crippen LogP contribution in [0.4, 0.5) is 0 Å². The first-order chi connectivity index (χ1) is 10.1. The van der Waals surface area contributed by atoms with E-state index in [-0.39, 0.29) is 5.60 Å². The molecule has 2 atom stereocenters. The molecule has 4 rings (SSSR count). The Balaban J connectivity index is 1.50. The van der Waals surface area contributed by atoms with Crippen molar-refractivity contribution in [2.75, 3.05) is 26.2 Å². The highest BCUT2D eigenvalue weighted by Gasteiger charge is 2.35. The molecule has 0 aromatic heterocycles. The summed E-state index contributed by atoms with van der Waals surface area (Å²) in [6, 6.07) is 6.67. The lowest BCUT2D eigenvalue weighted by Gasteiger charge is -2.34. The Morgan fingerprint density at radius 3 is 3.05 bits per heavy atom. The molecule has 1 aromatic carbocycles. The maximum atomic E-state index is 6.21. The predicted molar refractivity (Wildman–Crippen MR) is 84.6 cm³/mol. The van der Waals surface area contributed by atoms with Crippen LogP contribution in [0.1, 0.15) is 31.4 Å². The lowest BCUT2D eigenvalue weighted by Crippen LogP contribution is -2.39. The molecule has 0 radical (unpaired) electrons. The van der Waals surface area contributed by atoms with Gasteiger partial charge in [0.2, 0.25) is 0 Å². The van der Waals surface area contributed by atoms with E-state index in [1.54, 1.807) is 0 Å². The summed E-state index contributed by atoms with van der Waals surface area (Å²) in [5.41, 5.74) is 2.72. The van der Waals surface area contributed by atoms with Crippen molar-refractivity contribution in [2.45, 2.75) is 38.8 Å². The van der Waals surface area contributed by atoms with E-state index in [0.29, 0.717) is 0 Å². The van der Waals surface area contributed by atoms with Gasteiger partial charge < -0.3 is 10.1 Å². The minimum atomic E-state index is -0.0409. The molecule has 2 saturated heterocycles. The third-order valence-electron chi connectivity index (χ3n) is 5.36. The number of para-hydroxylation sites is 1. The first-order valence-electron chi connectivity index (χ1n) is 8.34. The zero-order valence-electron chi connectivity index (χ0n) is 13.2. The summed E-state index contributed by atoms with van der Waals surface area (Å²) in [6.45, 7) is 10.3. The Bertz CT molecular complexity index is 540. The number of ether oxygens (including phenoxy) is 1. The third-order valence-corrected chi connectivity index (χ3v) is 5.36. The summed E-state index contributed by atoms with van der Waals surface area (Å²) in [6.07, 6.45) is 2.38. The second kappa shape index (κ2) is 4.99. The van der Waals surface area contributed by atoms with Gasteiger partial charge in [-0.05, 0) is 57.3 Å². The van der Waals surface area contributed by atoms with Crippen molar-refractivity contribution in [3.63, 3.8) is 0 Å². The van der Waals surface area contributed by atoms with E-state index in [9.17, 15) is 0 Å². The molecular formula is C18H26N2O. The standard InChI is InChI=1S/C18H26N2O/c1-18(2)8-13-4-3-5-15(17(13)21-18)11-20-7-6-14-9-19-10-16(14)12-20/h3-5,14,16,19H,6-12H2,1-2H3. The molecule has 21 heavy (non-hydrogen) atoms. The minimum Gasteiger partial charge on any atom is -0.487 e. The normalized spacial score (nSPS) is 30.8. The fourth-order valence-electron chi connectivity index (χ4n) is 4.30. The van der Waals surface area contributed by atoms with Gasteiger partial charge in [0.1, 0.15) is 11.4 Å². The highest BCUT2D eigenvalue weighted by atomic mass is 16.5. The highest BCUT2D eigenvalue weighted by Crippen LogP contribution is 2.38. The van der Waals surface area contributed by atoms with Crippen LogP contribution < -0.4 is 10.1 Å². The summed E-state index contributed by atoms with van der Waals surface area (Å²) >= 11 is 0. The number of likely N-dealkylation sites (tertiary alicyclic amines) is 1. The van der Waals surface area contributed by atoms with Crippen molar-refractivity contribution >= 4 is 0 Å². The van der Waals surface area contributed by atoms with Crippen LogP contribution in [0.2, 0.25) is 0 Å². The summed E-state index contributed by atoms with van der Waals surface area (Å²) in [4.78, 5) is 2.62. The van der Waals surface area contributed by atoms with Crippen molar-refractivity contribution in [1.29, 1.82) is 0 Å². The lowest BCUT2D eigenvalue weighted by atomic mass is 9.88. The van der Waals surface area contributed by atoms with Gasteiger partial charge in [-0.15, -0.1) is 0 Å². The van der Waals surface area contributed by atoms with Crippen LogP contribution in [-0.4, -0.2) is 36.7 Å². The average Bonchev–Trinajstić information content (AvgIpc) is 3.01. The maximum Gasteiger partial charge on any atom is 0.127 e. The van der Waals surface area contributed by atoms with Gasteiger partial charge in [0.05, 0.1) is 0 Å². The smallest absolute Gasteiger partial charge is 0.127 e. The number of piperidine rings is 1. The molecule has 0 spiro atoms. The number of fused-ring (bicyclic) bond motifs is 2. The van der Waals surface area contributed by atoms with Crippen LogP contribution in [0.5, 0.6) is 5.75 Å². The van der Waals surface area contributed by atoms with Crippen LogP contribution in [0, 0.1) is 11.8 Å². The van der Waals surface area contributed by atoms with Gasteiger partial charge >= 0.3 is 0 Å². The van der Waals surface area contributed by atoms with E-state index in [4.69, 9.17) is 4.74 Å². The van der Waals surface area contributed by atoms with E-state index in [2.05, 4.69) is 42.3 Å². The molecule has 3 nitrogen and oxygen atoms in total. The number of hydrogen-bond acceptors (Lipinski definition) is 3. The third kappa shape index (κ3) is 2.58. The zero-order valence-corrected chi connectivity index (χ0v) is 13.2. The highest BCUT2D eigenvalue weighted by molar-refractivity contribution is 5.45.